The van der Waals surface area contributed by atoms with E-state index in [0.29, 0.717) is 22.4 Å². The molecule has 0 heterocycles. The van der Waals surface area contributed by atoms with Crippen LogP contribution in [0.4, 0.5) is 0 Å². The second-order valence-corrected chi connectivity index (χ2v) is 4.74. The van der Waals surface area contributed by atoms with E-state index < -0.39 is 0 Å². The molecule has 2 nitrogen and oxygen atoms in total. The van der Waals surface area contributed by atoms with Crippen LogP contribution < -0.4 is 4.74 Å². The summed E-state index contributed by atoms with van der Waals surface area (Å²) >= 11 is 3.41. The monoisotopic (exact) mass is 304 g/mol. The largest absolute Gasteiger partial charge is 0.488 e. The van der Waals surface area contributed by atoms with Gasteiger partial charge in [0.15, 0.2) is 5.78 Å². The van der Waals surface area contributed by atoms with Crippen molar-refractivity contribution in [1.82, 2.24) is 0 Å². The standard InChI is InChI=1S/C15H13BrO2/c1-11(17)13-8-5-9-14(15(13)16)18-10-12-6-3-2-4-7-12/h2-9H,10H2,1H3. The smallest absolute Gasteiger partial charge is 0.161 e. The lowest BCUT2D eigenvalue weighted by molar-refractivity contribution is 0.101. The second-order valence-electron chi connectivity index (χ2n) is 3.95. The molecule has 0 N–H and O–H groups in total. The van der Waals surface area contributed by atoms with Gasteiger partial charge in [-0.3, -0.25) is 4.79 Å². The number of rotatable bonds is 4. The minimum absolute atomic E-state index is 0.0204. The zero-order valence-electron chi connectivity index (χ0n) is 10.0. The van der Waals surface area contributed by atoms with E-state index in [4.69, 9.17) is 4.74 Å². The highest BCUT2D eigenvalue weighted by Gasteiger charge is 2.10. The molecule has 0 saturated carbocycles. The van der Waals surface area contributed by atoms with Crippen molar-refractivity contribution >= 4 is 21.7 Å². The third kappa shape index (κ3) is 2.99. The van der Waals surface area contributed by atoms with Gasteiger partial charge < -0.3 is 4.74 Å². The van der Waals surface area contributed by atoms with Crippen LogP contribution in [0, 0.1) is 0 Å². The highest BCUT2D eigenvalue weighted by atomic mass is 79.9. The maximum atomic E-state index is 11.4. The van der Waals surface area contributed by atoms with Crippen molar-refractivity contribution in [3.8, 4) is 5.75 Å². The Balaban J connectivity index is 2.15. The fraction of sp³-hybridized carbons (Fsp3) is 0.133. The molecular weight excluding hydrogens is 292 g/mol. The molecule has 0 aliphatic carbocycles. The molecule has 0 radical (unpaired) electrons. The quantitative estimate of drug-likeness (QED) is 0.790. The van der Waals surface area contributed by atoms with E-state index in [1.54, 1.807) is 13.0 Å². The Morgan fingerprint density at radius 2 is 1.83 bits per heavy atom. The number of benzene rings is 2. The zero-order valence-corrected chi connectivity index (χ0v) is 11.6. The van der Waals surface area contributed by atoms with Crippen LogP contribution in [0.15, 0.2) is 53.0 Å². The number of carbonyl (C=O) groups excluding carboxylic acids is 1. The molecule has 2 rings (SSSR count). The molecular formula is C15H13BrO2. The number of halogens is 1. The molecule has 0 spiro atoms. The van der Waals surface area contributed by atoms with Crippen LogP contribution in [0.5, 0.6) is 5.75 Å². The third-order valence-electron chi connectivity index (χ3n) is 2.58. The summed E-state index contributed by atoms with van der Waals surface area (Å²) < 4.78 is 6.43. The normalized spacial score (nSPS) is 10.1. The Kier molecular flexibility index (Phi) is 4.15. The van der Waals surface area contributed by atoms with Crippen LogP contribution in [-0.2, 0) is 6.61 Å². The van der Waals surface area contributed by atoms with Crippen molar-refractivity contribution in [2.75, 3.05) is 0 Å². The number of Topliss-reactive ketones (excluding diaryl/α,β-unsaturated/α-hetero) is 1. The number of hydrogen-bond acceptors (Lipinski definition) is 2. The Morgan fingerprint density at radius 1 is 1.11 bits per heavy atom. The van der Waals surface area contributed by atoms with Crippen molar-refractivity contribution in [3.05, 3.63) is 64.1 Å². The van der Waals surface area contributed by atoms with Gasteiger partial charge in [-0.05, 0) is 34.5 Å². The van der Waals surface area contributed by atoms with Gasteiger partial charge in [-0.1, -0.05) is 42.5 Å². The van der Waals surface area contributed by atoms with Gasteiger partial charge in [0.1, 0.15) is 12.4 Å². The molecule has 0 bridgehead atoms. The number of ether oxygens (including phenoxy) is 1. The Bertz CT molecular complexity index is 550. The molecule has 0 unspecified atom stereocenters. The summed E-state index contributed by atoms with van der Waals surface area (Å²) in [6, 6.07) is 15.4. The lowest BCUT2D eigenvalue weighted by Gasteiger charge is -2.10. The fourth-order valence-electron chi connectivity index (χ4n) is 1.63. The molecule has 0 fully saturated rings. The summed E-state index contributed by atoms with van der Waals surface area (Å²) in [6.07, 6.45) is 0. The van der Waals surface area contributed by atoms with E-state index in [9.17, 15) is 4.79 Å². The molecule has 0 atom stereocenters. The van der Waals surface area contributed by atoms with E-state index >= 15 is 0 Å². The highest BCUT2D eigenvalue weighted by Crippen LogP contribution is 2.29. The van der Waals surface area contributed by atoms with Crippen molar-refractivity contribution < 1.29 is 9.53 Å². The van der Waals surface area contributed by atoms with E-state index in [0.717, 1.165) is 5.56 Å². The predicted octanol–water partition coefficient (Wildman–Crippen LogP) is 4.23. The summed E-state index contributed by atoms with van der Waals surface area (Å²) in [5.74, 6) is 0.707. The van der Waals surface area contributed by atoms with E-state index in [1.807, 2.05) is 42.5 Å². The first-order chi connectivity index (χ1) is 8.68. The highest BCUT2D eigenvalue weighted by molar-refractivity contribution is 9.10. The summed E-state index contributed by atoms with van der Waals surface area (Å²) in [4.78, 5) is 11.4. The fourth-order valence-corrected chi connectivity index (χ4v) is 2.29. The predicted molar refractivity (Wildman–Crippen MR) is 74.9 cm³/mol. The molecule has 0 saturated heterocycles. The third-order valence-corrected chi connectivity index (χ3v) is 3.40. The van der Waals surface area contributed by atoms with E-state index in [1.165, 1.54) is 0 Å². The number of ketones is 1. The maximum absolute atomic E-state index is 11.4. The van der Waals surface area contributed by atoms with Gasteiger partial charge in [-0.2, -0.15) is 0 Å². The van der Waals surface area contributed by atoms with Crippen molar-refractivity contribution in [2.45, 2.75) is 13.5 Å². The van der Waals surface area contributed by atoms with Crippen LogP contribution in [0.3, 0.4) is 0 Å². The lowest BCUT2D eigenvalue weighted by Crippen LogP contribution is -1.99. The van der Waals surface area contributed by atoms with Crippen LogP contribution >= 0.6 is 15.9 Å². The first kappa shape index (κ1) is 12.8. The SMILES string of the molecule is CC(=O)c1cccc(OCc2ccccc2)c1Br. The van der Waals surface area contributed by atoms with Gasteiger partial charge in [-0.25, -0.2) is 0 Å². The lowest BCUT2D eigenvalue weighted by atomic mass is 10.1. The molecule has 92 valence electrons. The number of hydrogen-bond donors (Lipinski definition) is 0. The second kappa shape index (κ2) is 5.83. The molecule has 2 aromatic carbocycles. The van der Waals surface area contributed by atoms with Gasteiger partial charge in [-0.15, -0.1) is 0 Å². The molecule has 0 amide bonds. The summed E-state index contributed by atoms with van der Waals surface area (Å²) in [5, 5.41) is 0. The maximum Gasteiger partial charge on any atom is 0.161 e. The van der Waals surface area contributed by atoms with Gasteiger partial charge in [0.05, 0.1) is 4.47 Å². The Labute approximate surface area is 115 Å². The molecule has 0 aromatic heterocycles. The first-order valence-corrected chi connectivity index (χ1v) is 6.44. The first-order valence-electron chi connectivity index (χ1n) is 5.64. The van der Waals surface area contributed by atoms with Gasteiger partial charge in [0, 0.05) is 5.56 Å². The molecule has 0 aliphatic heterocycles. The van der Waals surface area contributed by atoms with E-state index in [2.05, 4.69) is 15.9 Å². The van der Waals surface area contributed by atoms with Crippen molar-refractivity contribution in [3.63, 3.8) is 0 Å². The van der Waals surface area contributed by atoms with Gasteiger partial charge >= 0.3 is 0 Å². The average molecular weight is 305 g/mol. The van der Waals surface area contributed by atoms with Crippen molar-refractivity contribution in [1.29, 1.82) is 0 Å². The summed E-state index contributed by atoms with van der Waals surface area (Å²) in [7, 11) is 0. The molecule has 18 heavy (non-hydrogen) atoms. The zero-order chi connectivity index (χ0) is 13.0. The minimum atomic E-state index is 0.0204. The molecule has 3 heteroatoms. The number of carbonyl (C=O) groups is 1. The summed E-state index contributed by atoms with van der Waals surface area (Å²) in [5.41, 5.74) is 1.73. The Morgan fingerprint density at radius 3 is 2.50 bits per heavy atom. The summed E-state index contributed by atoms with van der Waals surface area (Å²) in [6.45, 7) is 2.03. The van der Waals surface area contributed by atoms with Crippen LogP contribution in [0.2, 0.25) is 0 Å². The van der Waals surface area contributed by atoms with E-state index in [-0.39, 0.29) is 5.78 Å². The van der Waals surface area contributed by atoms with Crippen molar-refractivity contribution in [2.24, 2.45) is 0 Å². The van der Waals surface area contributed by atoms with Crippen LogP contribution in [0.1, 0.15) is 22.8 Å². The Hall–Kier alpha value is -1.61. The molecule has 0 aliphatic rings. The van der Waals surface area contributed by atoms with Crippen LogP contribution in [-0.4, -0.2) is 5.78 Å². The van der Waals surface area contributed by atoms with Gasteiger partial charge in [0.2, 0.25) is 0 Å². The minimum Gasteiger partial charge on any atom is -0.488 e. The van der Waals surface area contributed by atoms with Crippen LogP contribution in [0.25, 0.3) is 0 Å². The van der Waals surface area contributed by atoms with Gasteiger partial charge in [0.25, 0.3) is 0 Å². The average Bonchev–Trinajstić information content (AvgIpc) is 2.38. The topological polar surface area (TPSA) is 26.3 Å². The molecule has 2 aromatic rings.